The number of carboxylic acids is 1. The molecule has 0 aliphatic carbocycles. The highest BCUT2D eigenvalue weighted by Gasteiger charge is 2.14. The van der Waals surface area contributed by atoms with E-state index in [1.807, 2.05) is 30.3 Å². The molecule has 0 radical (unpaired) electrons. The number of carbonyl (C=O) groups excluding carboxylic acids is 1. The number of aryl methyl sites for hydroxylation is 1. The van der Waals surface area contributed by atoms with Crippen molar-refractivity contribution in [1.82, 2.24) is 5.32 Å². The maximum Gasteiger partial charge on any atom is 0.339 e. The number of carbonyl (C=O) groups is 2. The van der Waals surface area contributed by atoms with Gasteiger partial charge in [-0.05, 0) is 25.1 Å². The van der Waals surface area contributed by atoms with Crippen molar-refractivity contribution < 1.29 is 28.6 Å². The molecule has 2 aromatic rings. The zero-order valence-electron chi connectivity index (χ0n) is 13.3. The lowest BCUT2D eigenvalue weighted by Crippen LogP contribution is -2.27. The maximum atomic E-state index is 11.6. The SMILES string of the molecule is Cc1oc(CNC(=O)COCCOc2ccccc2)cc1C(=O)O. The second-order valence-corrected chi connectivity index (χ2v) is 4.98. The van der Waals surface area contributed by atoms with E-state index in [2.05, 4.69) is 5.32 Å². The number of benzene rings is 1. The highest BCUT2D eigenvalue weighted by molar-refractivity contribution is 5.88. The smallest absolute Gasteiger partial charge is 0.339 e. The van der Waals surface area contributed by atoms with Crippen molar-refractivity contribution in [3.8, 4) is 5.75 Å². The predicted molar refractivity (Wildman–Crippen MR) is 85.0 cm³/mol. The summed E-state index contributed by atoms with van der Waals surface area (Å²) in [5.74, 6) is 0.0518. The summed E-state index contributed by atoms with van der Waals surface area (Å²) >= 11 is 0. The summed E-state index contributed by atoms with van der Waals surface area (Å²) in [5.41, 5.74) is 0.0913. The van der Waals surface area contributed by atoms with Crippen LogP contribution in [-0.4, -0.2) is 36.8 Å². The van der Waals surface area contributed by atoms with Crippen LogP contribution in [0.15, 0.2) is 40.8 Å². The Balaban J connectivity index is 1.61. The van der Waals surface area contributed by atoms with Crippen LogP contribution in [0, 0.1) is 6.92 Å². The van der Waals surface area contributed by atoms with Crippen molar-refractivity contribution >= 4 is 11.9 Å². The fraction of sp³-hybridized carbons (Fsp3) is 0.294. The van der Waals surface area contributed by atoms with Crippen molar-refractivity contribution in [2.45, 2.75) is 13.5 Å². The summed E-state index contributed by atoms with van der Waals surface area (Å²) in [6.07, 6.45) is 0. The number of para-hydroxylation sites is 1. The van der Waals surface area contributed by atoms with E-state index in [1.165, 1.54) is 6.07 Å². The van der Waals surface area contributed by atoms with E-state index < -0.39 is 5.97 Å². The van der Waals surface area contributed by atoms with Crippen LogP contribution in [0.2, 0.25) is 0 Å². The lowest BCUT2D eigenvalue weighted by molar-refractivity contribution is -0.126. The highest BCUT2D eigenvalue weighted by atomic mass is 16.5. The molecule has 0 atom stereocenters. The van der Waals surface area contributed by atoms with Gasteiger partial charge in [0.05, 0.1) is 13.2 Å². The molecule has 24 heavy (non-hydrogen) atoms. The number of hydrogen-bond acceptors (Lipinski definition) is 5. The molecule has 1 aromatic carbocycles. The molecule has 2 N–H and O–H groups in total. The summed E-state index contributed by atoms with van der Waals surface area (Å²) in [7, 11) is 0. The fourth-order valence-electron chi connectivity index (χ4n) is 1.98. The van der Waals surface area contributed by atoms with Gasteiger partial charge in [0.2, 0.25) is 5.91 Å². The Morgan fingerprint density at radius 3 is 2.62 bits per heavy atom. The number of rotatable bonds is 9. The summed E-state index contributed by atoms with van der Waals surface area (Å²) in [6, 6.07) is 10.7. The van der Waals surface area contributed by atoms with Gasteiger partial charge in [-0.1, -0.05) is 18.2 Å². The van der Waals surface area contributed by atoms with Crippen molar-refractivity contribution in [2.24, 2.45) is 0 Å². The second-order valence-electron chi connectivity index (χ2n) is 4.98. The topological polar surface area (TPSA) is 98.0 Å². The van der Waals surface area contributed by atoms with Crippen LogP contribution >= 0.6 is 0 Å². The number of carboxylic acid groups (broad SMARTS) is 1. The number of ether oxygens (including phenoxy) is 2. The Morgan fingerprint density at radius 1 is 1.21 bits per heavy atom. The molecule has 0 saturated heterocycles. The van der Waals surface area contributed by atoms with E-state index in [0.717, 1.165) is 5.75 Å². The standard InChI is InChI=1S/C17H19NO6/c1-12-15(17(20)21)9-14(24-12)10-18-16(19)11-22-7-8-23-13-5-3-2-4-6-13/h2-6,9H,7-8,10-11H2,1H3,(H,18,19)(H,20,21). The van der Waals surface area contributed by atoms with Gasteiger partial charge in [-0.15, -0.1) is 0 Å². The molecule has 128 valence electrons. The third-order valence-electron chi connectivity index (χ3n) is 3.13. The average Bonchev–Trinajstić information content (AvgIpc) is 2.95. The fourth-order valence-corrected chi connectivity index (χ4v) is 1.98. The molecule has 0 bridgehead atoms. The maximum absolute atomic E-state index is 11.6. The van der Waals surface area contributed by atoms with Gasteiger partial charge in [0.1, 0.15) is 36.0 Å². The Labute approximate surface area is 139 Å². The monoisotopic (exact) mass is 333 g/mol. The summed E-state index contributed by atoms with van der Waals surface area (Å²) in [4.78, 5) is 22.5. The van der Waals surface area contributed by atoms with Gasteiger partial charge in [-0.3, -0.25) is 4.79 Å². The molecule has 0 saturated carbocycles. The van der Waals surface area contributed by atoms with Crippen LogP contribution < -0.4 is 10.1 Å². The van der Waals surface area contributed by atoms with E-state index in [9.17, 15) is 9.59 Å². The van der Waals surface area contributed by atoms with Gasteiger partial charge in [-0.25, -0.2) is 4.79 Å². The minimum atomic E-state index is -1.06. The quantitative estimate of drug-likeness (QED) is 0.681. The van der Waals surface area contributed by atoms with E-state index >= 15 is 0 Å². The summed E-state index contributed by atoms with van der Waals surface area (Å²) in [5, 5.41) is 11.5. The molecule has 0 aliphatic rings. The first kappa shape index (κ1) is 17.6. The Kier molecular flexibility index (Phi) is 6.39. The zero-order chi connectivity index (χ0) is 17.4. The van der Waals surface area contributed by atoms with E-state index in [4.69, 9.17) is 19.0 Å². The van der Waals surface area contributed by atoms with Crippen LogP contribution in [0.4, 0.5) is 0 Å². The number of hydrogen-bond donors (Lipinski definition) is 2. The molecule has 1 amide bonds. The Bertz CT molecular complexity index is 680. The van der Waals surface area contributed by atoms with Gasteiger partial charge in [0, 0.05) is 0 Å². The molecular weight excluding hydrogens is 314 g/mol. The molecule has 0 fully saturated rings. The van der Waals surface area contributed by atoms with E-state index in [-0.39, 0.29) is 31.2 Å². The Hall–Kier alpha value is -2.80. The average molecular weight is 333 g/mol. The van der Waals surface area contributed by atoms with Crippen LogP contribution in [0.25, 0.3) is 0 Å². The second kappa shape index (κ2) is 8.73. The first-order valence-electron chi connectivity index (χ1n) is 7.41. The van der Waals surface area contributed by atoms with Gasteiger partial charge in [-0.2, -0.15) is 0 Å². The summed E-state index contributed by atoms with van der Waals surface area (Å²) < 4.78 is 15.9. The van der Waals surface area contributed by atoms with Crippen molar-refractivity contribution in [3.05, 3.63) is 53.5 Å². The number of furan rings is 1. The lowest BCUT2D eigenvalue weighted by Gasteiger charge is -2.07. The van der Waals surface area contributed by atoms with Crippen molar-refractivity contribution in [1.29, 1.82) is 0 Å². The summed E-state index contributed by atoms with van der Waals surface area (Å²) in [6.45, 7) is 2.19. The Morgan fingerprint density at radius 2 is 1.96 bits per heavy atom. The minimum absolute atomic E-state index is 0.0913. The molecule has 1 heterocycles. The third-order valence-corrected chi connectivity index (χ3v) is 3.13. The molecule has 1 aromatic heterocycles. The van der Waals surface area contributed by atoms with Crippen LogP contribution in [0.1, 0.15) is 21.9 Å². The number of aromatic carboxylic acids is 1. The van der Waals surface area contributed by atoms with Gasteiger partial charge in [0.15, 0.2) is 0 Å². The van der Waals surface area contributed by atoms with Gasteiger partial charge in [0.25, 0.3) is 0 Å². The van der Waals surface area contributed by atoms with Crippen LogP contribution in [0.5, 0.6) is 5.75 Å². The molecule has 0 spiro atoms. The van der Waals surface area contributed by atoms with Crippen molar-refractivity contribution in [3.63, 3.8) is 0 Å². The van der Waals surface area contributed by atoms with Crippen molar-refractivity contribution in [2.75, 3.05) is 19.8 Å². The molecule has 0 unspecified atom stereocenters. The first-order valence-corrected chi connectivity index (χ1v) is 7.41. The zero-order valence-corrected chi connectivity index (χ0v) is 13.3. The molecule has 7 heteroatoms. The largest absolute Gasteiger partial charge is 0.491 e. The molecule has 7 nitrogen and oxygen atoms in total. The number of amides is 1. The normalized spacial score (nSPS) is 10.4. The van der Waals surface area contributed by atoms with E-state index in [1.54, 1.807) is 6.92 Å². The molecular formula is C17H19NO6. The predicted octanol–water partition coefficient (Wildman–Crippen LogP) is 2.00. The first-order chi connectivity index (χ1) is 11.6. The highest BCUT2D eigenvalue weighted by Crippen LogP contribution is 2.14. The van der Waals surface area contributed by atoms with Crippen LogP contribution in [0.3, 0.4) is 0 Å². The van der Waals surface area contributed by atoms with Gasteiger partial charge < -0.3 is 24.3 Å². The van der Waals surface area contributed by atoms with Crippen LogP contribution in [-0.2, 0) is 16.1 Å². The lowest BCUT2D eigenvalue weighted by atomic mass is 10.2. The third kappa shape index (κ3) is 5.44. The molecule has 2 rings (SSSR count). The van der Waals surface area contributed by atoms with E-state index in [0.29, 0.717) is 18.1 Å². The van der Waals surface area contributed by atoms with Gasteiger partial charge >= 0.3 is 5.97 Å². The minimum Gasteiger partial charge on any atom is -0.491 e. The molecule has 0 aliphatic heterocycles. The number of nitrogens with one attached hydrogen (secondary N) is 1.